The van der Waals surface area contributed by atoms with E-state index in [9.17, 15) is 13.2 Å². The Morgan fingerprint density at radius 3 is 2.54 bits per heavy atom. The van der Waals surface area contributed by atoms with Crippen molar-refractivity contribution in [3.8, 4) is 0 Å². The van der Waals surface area contributed by atoms with Gasteiger partial charge in [0.25, 0.3) is 5.91 Å². The van der Waals surface area contributed by atoms with Gasteiger partial charge < -0.3 is 9.64 Å². The zero-order chi connectivity index (χ0) is 18.6. The lowest BCUT2D eigenvalue weighted by Gasteiger charge is -2.33. The first kappa shape index (κ1) is 19.3. The van der Waals surface area contributed by atoms with Gasteiger partial charge in [0.15, 0.2) is 0 Å². The van der Waals surface area contributed by atoms with Crippen molar-refractivity contribution >= 4 is 15.9 Å². The second-order valence-electron chi connectivity index (χ2n) is 6.93. The van der Waals surface area contributed by atoms with Crippen LogP contribution in [-0.2, 0) is 14.8 Å². The zero-order valence-electron chi connectivity index (χ0n) is 15.4. The van der Waals surface area contributed by atoms with Gasteiger partial charge in [-0.2, -0.15) is 4.31 Å². The minimum atomic E-state index is -3.59. The number of amides is 1. The molecular formula is C19H28N2O4S. The standard InChI is InChI=1S/C19H28N2O4S/c1-2-21(17-8-4-3-5-9-17)19(22)16-7-6-10-18(15-16)26(23,24)20-11-13-25-14-12-20/h6-7,10,15,17H,2-5,8-9,11-14H2,1H3. The average Bonchev–Trinajstić information content (AvgIpc) is 2.70. The Hall–Kier alpha value is -1.44. The van der Waals surface area contributed by atoms with Crippen LogP contribution in [-0.4, -0.2) is 62.4 Å². The molecule has 1 aromatic rings. The molecule has 144 valence electrons. The van der Waals surface area contributed by atoms with Gasteiger partial charge in [0.2, 0.25) is 10.0 Å². The highest BCUT2D eigenvalue weighted by Gasteiger charge is 2.29. The minimum Gasteiger partial charge on any atom is -0.379 e. The molecule has 1 saturated carbocycles. The van der Waals surface area contributed by atoms with E-state index in [1.165, 1.54) is 16.8 Å². The normalized spacial score (nSPS) is 20.0. The van der Waals surface area contributed by atoms with E-state index >= 15 is 0 Å². The molecule has 26 heavy (non-hydrogen) atoms. The van der Waals surface area contributed by atoms with E-state index < -0.39 is 10.0 Å². The van der Waals surface area contributed by atoms with Gasteiger partial charge >= 0.3 is 0 Å². The van der Waals surface area contributed by atoms with Gasteiger partial charge in [-0.3, -0.25) is 4.79 Å². The molecule has 0 unspecified atom stereocenters. The summed E-state index contributed by atoms with van der Waals surface area (Å²) in [5, 5.41) is 0. The number of hydrogen-bond donors (Lipinski definition) is 0. The van der Waals surface area contributed by atoms with E-state index in [0.717, 1.165) is 25.7 Å². The zero-order valence-corrected chi connectivity index (χ0v) is 16.2. The third kappa shape index (κ3) is 4.10. The number of rotatable bonds is 5. The fourth-order valence-electron chi connectivity index (χ4n) is 3.85. The van der Waals surface area contributed by atoms with Gasteiger partial charge in [-0.25, -0.2) is 8.42 Å². The Morgan fingerprint density at radius 2 is 1.88 bits per heavy atom. The molecule has 3 rings (SSSR count). The lowest BCUT2D eigenvalue weighted by molar-refractivity contribution is 0.0647. The molecule has 2 fully saturated rings. The molecule has 0 bridgehead atoms. The fourth-order valence-corrected chi connectivity index (χ4v) is 5.31. The summed E-state index contributed by atoms with van der Waals surface area (Å²) in [4.78, 5) is 15.1. The number of sulfonamides is 1. The van der Waals surface area contributed by atoms with Gasteiger partial charge in [0.1, 0.15) is 0 Å². The monoisotopic (exact) mass is 380 g/mol. The Labute approximate surface area is 156 Å². The van der Waals surface area contributed by atoms with Crippen molar-refractivity contribution in [3.63, 3.8) is 0 Å². The first-order chi connectivity index (χ1) is 12.5. The maximum atomic E-state index is 13.0. The van der Waals surface area contributed by atoms with Crippen molar-refractivity contribution in [3.05, 3.63) is 29.8 Å². The predicted octanol–water partition coefficient (Wildman–Crippen LogP) is 2.50. The van der Waals surface area contributed by atoms with Crippen molar-refractivity contribution in [1.82, 2.24) is 9.21 Å². The summed E-state index contributed by atoms with van der Waals surface area (Å²) in [6, 6.07) is 6.74. The van der Waals surface area contributed by atoms with E-state index in [-0.39, 0.29) is 16.8 Å². The maximum Gasteiger partial charge on any atom is 0.254 e. The van der Waals surface area contributed by atoms with Crippen LogP contribution in [0.15, 0.2) is 29.2 Å². The lowest BCUT2D eigenvalue weighted by atomic mass is 9.93. The number of nitrogens with zero attached hydrogens (tertiary/aromatic N) is 2. The highest BCUT2D eigenvalue weighted by Crippen LogP contribution is 2.25. The number of ether oxygens (including phenoxy) is 1. The number of carbonyl (C=O) groups excluding carboxylic acids is 1. The molecule has 0 atom stereocenters. The molecule has 6 nitrogen and oxygen atoms in total. The van der Waals surface area contributed by atoms with E-state index in [0.29, 0.717) is 38.4 Å². The summed E-state index contributed by atoms with van der Waals surface area (Å²) in [7, 11) is -3.59. The van der Waals surface area contributed by atoms with Crippen LogP contribution in [0.2, 0.25) is 0 Å². The van der Waals surface area contributed by atoms with Crippen LogP contribution in [0.5, 0.6) is 0 Å². The van der Waals surface area contributed by atoms with Gasteiger partial charge in [0.05, 0.1) is 18.1 Å². The first-order valence-electron chi connectivity index (χ1n) is 9.53. The smallest absolute Gasteiger partial charge is 0.254 e. The SMILES string of the molecule is CCN(C(=O)c1cccc(S(=O)(=O)N2CCOCC2)c1)C1CCCCC1. The molecule has 2 aliphatic rings. The molecule has 1 heterocycles. The molecule has 0 spiro atoms. The van der Waals surface area contributed by atoms with Gasteiger partial charge in [-0.15, -0.1) is 0 Å². The van der Waals surface area contributed by atoms with Crippen LogP contribution < -0.4 is 0 Å². The van der Waals surface area contributed by atoms with Crippen LogP contribution in [0, 0.1) is 0 Å². The predicted molar refractivity (Wildman–Crippen MR) is 99.6 cm³/mol. The molecule has 7 heteroatoms. The van der Waals surface area contributed by atoms with E-state index in [1.54, 1.807) is 18.2 Å². The quantitative estimate of drug-likeness (QED) is 0.787. The molecule has 1 amide bonds. The van der Waals surface area contributed by atoms with Crippen molar-refractivity contribution < 1.29 is 17.9 Å². The van der Waals surface area contributed by atoms with Crippen molar-refractivity contribution in [2.24, 2.45) is 0 Å². The third-order valence-electron chi connectivity index (χ3n) is 5.31. The molecule has 0 N–H and O–H groups in total. The summed E-state index contributed by atoms with van der Waals surface area (Å²) >= 11 is 0. The van der Waals surface area contributed by atoms with Crippen molar-refractivity contribution in [2.75, 3.05) is 32.8 Å². The van der Waals surface area contributed by atoms with Crippen LogP contribution >= 0.6 is 0 Å². The molecular weight excluding hydrogens is 352 g/mol. The Kier molecular flexibility index (Phi) is 6.32. The summed E-state index contributed by atoms with van der Waals surface area (Å²) in [6.07, 6.45) is 5.60. The summed E-state index contributed by atoms with van der Waals surface area (Å²) in [6.45, 7) is 4.14. The van der Waals surface area contributed by atoms with Crippen molar-refractivity contribution in [2.45, 2.75) is 50.0 Å². The van der Waals surface area contributed by atoms with Crippen LogP contribution in [0.4, 0.5) is 0 Å². The number of benzene rings is 1. The lowest BCUT2D eigenvalue weighted by Crippen LogP contribution is -2.42. The molecule has 0 aromatic heterocycles. The van der Waals surface area contributed by atoms with E-state index in [1.807, 2.05) is 11.8 Å². The Morgan fingerprint density at radius 1 is 1.19 bits per heavy atom. The summed E-state index contributed by atoms with van der Waals surface area (Å²) in [5.74, 6) is -0.0709. The summed E-state index contributed by atoms with van der Waals surface area (Å²) in [5.41, 5.74) is 0.451. The average molecular weight is 381 g/mol. The minimum absolute atomic E-state index is 0.0709. The summed E-state index contributed by atoms with van der Waals surface area (Å²) < 4.78 is 32.4. The number of morpholine rings is 1. The molecule has 1 aliphatic heterocycles. The maximum absolute atomic E-state index is 13.0. The van der Waals surface area contributed by atoms with Crippen LogP contribution in [0.3, 0.4) is 0 Å². The topological polar surface area (TPSA) is 66.9 Å². The molecule has 1 aliphatic carbocycles. The molecule has 1 saturated heterocycles. The Bertz CT molecular complexity index is 723. The fraction of sp³-hybridized carbons (Fsp3) is 0.632. The molecule has 0 radical (unpaired) electrons. The number of carbonyl (C=O) groups is 1. The number of hydrogen-bond acceptors (Lipinski definition) is 4. The highest BCUT2D eigenvalue weighted by molar-refractivity contribution is 7.89. The van der Waals surface area contributed by atoms with E-state index in [4.69, 9.17) is 4.74 Å². The van der Waals surface area contributed by atoms with Gasteiger partial charge in [-0.1, -0.05) is 25.3 Å². The van der Waals surface area contributed by atoms with E-state index in [2.05, 4.69) is 0 Å². The van der Waals surface area contributed by atoms with Gasteiger partial charge in [0, 0.05) is 31.2 Å². The molecule has 1 aromatic carbocycles. The third-order valence-corrected chi connectivity index (χ3v) is 7.20. The van der Waals surface area contributed by atoms with Crippen LogP contribution in [0.25, 0.3) is 0 Å². The van der Waals surface area contributed by atoms with Gasteiger partial charge in [-0.05, 0) is 38.0 Å². The first-order valence-corrected chi connectivity index (χ1v) is 11.0. The van der Waals surface area contributed by atoms with Crippen molar-refractivity contribution in [1.29, 1.82) is 0 Å². The second kappa shape index (κ2) is 8.50. The van der Waals surface area contributed by atoms with Crippen LogP contribution in [0.1, 0.15) is 49.4 Å². The largest absolute Gasteiger partial charge is 0.379 e. The second-order valence-corrected chi connectivity index (χ2v) is 8.87. The Balaban J connectivity index is 1.82. The highest BCUT2D eigenvalue weighted by atomic mass is 32.2.